The summed E-state index contributed by atoms with van der Waals surface area (Å²) in [7, 11) is 0. The zero-order chi connectivity index (χ0) is 24.1. The third kappa shape index (κ3) is 4.99. The first-order valence-electron chi connectivity index (χ1n) is 10.8. The van der Waals surface area contributed by atoms with Gasteiger partial charge < -0.3 is 19.2 Å². The van der Waals surface area contributed by atoms with Crippen LogP contribution in [0.2, 0.25) is 0 Å². The van der Waals surface area contributed by atoms with Crippen LogP contribution >= 0.6 is 0 Å². The van der Waals surface area contributed by atoms with Crippen molar-refractivity contribution in [3.05, 3.63) is 94.1 Å². The molecule has 0 radical (unpaired) electrons. The molecule has 1 heterocycles. The van der Waals surface area contributed by atoms with Crippen molar-refractivity contribution in [2.45, 2.75) is 13.8 Å². The van der Waals surface area contributed by atoms with E-state index in [0.717, 1.165) is 5.56 Å². The van der Waals surface area contributed by atoms with Crippen LogP contribution in [-0.4, -0.2) is 25.1 Å². The Morgan fingerprint density at radius 2 is 1.65 bits per heavy atom. The summed E-state index contributed by atoms with van der Waals surface area (Å²) in [5.41, 5.74) is 2.66. The molecule has 0 unspecified atom stereocenters. The van der Waals surface area contributed by atoms with Crippen LogP contribution in [0, 0.1) is 6.92 Å². The molecule has 3 aromatic carbocycles. The van der Waals surface area contributed by atoms with Gasteiger partial charge in [0, 0.05) is 11.3 Å². The molecule has 0 aliphatic carbocycles. The molecule has 7 heteroatoms. The van der Waals surface area contributed by atoms with Crippen molar-refractivity contribution in [1.82, 2.24) is 0 Å². The number of anilines is 1. The highest BCUT2D eigenvalue weighted by Crippen LogP contribution is 2.31. The standard InChI is InChI=1S/C27H23NO6/c1-3-32-27(31)19-12-14-20(15-13-19)28-23(29)16-33-26-24(30)21-6-4-5-7-22(21)34-25(26)18-10-8-17(2)9-11-18/h4-15H,3,16H2,1-2H3,(H,28,29). The van der Waals surface area contributed by atoms with E-state index in [1.165, 1.54) is 0 Å². The molecule has 1 aromatic heterocycles. The summed E-state index contributed by atoms with van der Waals surface area (Å²) in [4.78, 5) is 37.4. The van der Waals surface area contributed by atoms with Crippen LogP contribution in [0.1, 0.15) is 22.8 Å². The molecular formula is C27H23NO6. The lowest BCUT2D eigenvalue weighted by molar-refractivity contribution is -0.118. The van der Waals surface area contributed by atoms with Gasteiger partial charge in [0.15, 0.2) is 12.4 Å². The molecule has 1 N–H and O–H groups in total. The number of hydrogen-bond acceptors (Lipinski definition) is 6. The Labute approximate surface area is 195 Å². The first kappa shape index (κ1) is 22.8. The van der Waals surface area contributed by atoms with Gasteiger partial charge in [-0.3, -0.25) is 9.59 Å². The van der Waals surface area contributed by atoms with Crippen LogP contribution in [0.25, 0.3) is 22.3 Å². The topological polar surface area (TPSA) is 94.8 Å². The highest BCUT2D eigenvalue weighted by Gasteiger charge is 2.19. The number of carbonyl (C=O) groups is 2. The third-order valence-electron chi connectivity index (χ3n) is 5.10. The monoisotopic (exact) mass is 457 g/mol. The molecule has 0 atom stereocenters. The minimum atomic E-state index is -0.466. The maximum atomic E-state index is 13.2. The Balaban J connectivity index is 1.55. The van der Waals surface area contributed by atoms with Crippen molar-refractivity contribution in [2.75, 3.05) is 18.5 Å². The lowest BCUT2D eigenvalue weighted by Crippen LogP contribution is -2.22. The quantitative estimate of drug-likeness (QED) is 0.394. The third-order valence-corrected chi connectivity index (χ3v) is 5.10. The largest absolute Gasteiger partial charge is 0.476 e. The second kappa shape index (κ2) is 10.0. The Morgan fingerprint density at radius 3 is 2.35 bits per heavy atom. The highest BCUT2D eigenvalue weighted by molar-refractivity contribution is 5.94. The lowest BCUT2D eigenvalue weighted by atomic mass is 10.1. The zero-order valence-corrected chi connectivity index (χ0v) is 18.8. The first-order chi connectivity index (χ1) is 16.5. The number of para-hydroxylation sites is 1. The smallest absolute Gasteiger partial charge is 0.338 e. The van der Waals surface area contributed by atoms with Gasteiger partial charge in [-0.05, 0) is 50.2 Å². The van der Waals surface area contributed by atoms with E-state index in [1.807, 2.05) is 31.2 Å². The van der Waals surface area contributed by atoms with Gasteiger partial charge >= 0.3 is 5.97 Å². The number of esters is 1. The molecule has 34 heavy (non-hydrogen) atoms. The van der Waals surface area contributed by atoms with E-state index < -0.39 is 18.5 Å². The van der Waals surface area contributed by atoms with Crippen molar-refractivity contribution in [3.63, 3.8) is 0 Å². The van der Waals surface area contributed by atoms with Crippen molar-refractivity contribution < 1.29 is 23.5 Å². The van der Waals surface area contributed by atoms with Crippen molar-refractivity contribution in [3.8, 4) is 17.1 Å². The highest BCUT2D eigenvalue weighted by atomic mass is 16.5. The number of benzene rings is 3. The van der Waals surface area contributed by atoms with Crippen molar-refractivity contribution in [2.24, 2.45) is 0 Å². The number of carbonyl (C=O) groups excluding carboxylic acids is 2. The summed E-state index contributed by atoms with van der Waals surface area (Å²) < 4.78 is 16.6. The molecule has 0 bridgehead atoms. The van der Waals surface area contributed by atoms with Gasteiger partial charge in [0.1, 0.15) is 5.58 Å². The Bertz CT molecular complexity index is 1390. The number of nitrogens with one attached hydrogen (secondary N) is 1. The molecule has 4 aromatic rings. The zero-order valence-electron chi connectivity index (χ0n) is 18.8. The van der Waals surface area contributed by atoms with Crippen LogP contribution < -0.4 is 15.5 Å². The molecule has 0 aliphatic heterocycles. The summed E-state index contributed by atoms with van der Waals surface area (Å²) in [5, 5.41) is 3.05. The molecule has 1 amide bonds. The molecule has 4 rings (SSSR count). The summed E-state index contributed by atoms with van der Waals surface area (Å²) in [5.74, 6) is -0.674. The number of hydrogen-bond donors (Lipinski definition) is 1. The Kier molecular flexibility index (Phi) is 6.73. The van der Waals surface area contributed by atoms with E-state index in [9.17, 15) is 14.4 Å². The second-order valence-corrected chi connectivity index (χ2v) is 7.59. The van der Waals surface area contributed by atoms with E-state index in [0.29, 0.717) is 27.8 Å². The van der Waals surface area contributed by atoms with Crippen LogP contribution in [0.3, 0.4) is 0 Å². The number of rotatable bonds is 7. The molecule has 0 saturated heterocycles. The average molecular weight is 457 g/mol. The van der Waals surface area contributed by atoms with E-state index in [-0.39, 0.29) is 23.5 Å². The molecule has 0 saturated carbocycles. The van der Waals surface area contributed by atoms with Crippen LogP contribution in [0.15, 0.2) is 82.0 Å². The van der Waals surface area contributed by atoms with Gasteiger partial charge in [0.05, 0.1) is 17.6 Å². The fourth-order valence-electron chi connectivity index (χ4n) is 3.39. The van der Waals surface area contributed by atoms with Crippen LogP contribution in [0.5, 0.6) is 5.75 Å². The van der Waals surface area contributed by atoms with Gasteiger partial charge in [0.25, 0.3) is 5.91 Å². The van der Waals surface area contributed by atoms with E-state index in [4.69, 9.17) is 13.9 Å². The van der Waals surface area contributed by atoms with Gasteiger partial charge in [-0.1, -0.05) is 42.0 Å². The predicted octanol–water partition coefficient (Wildman–Crippen LogP) is 4.96. The van der Waals surface area contributed by atoms with Gasteiger partial charge in [-0.15, -0.1) is 0 Å². The second-order valence-electron chi connectivity index (χ2n) is 7.59. The maximum absolute atomic E-state index is 13.2. The summed E-state index contributed by atoms with van der Waals surface area (Å²) in [6.07, 6.45) is 0. The fourth-order valence-corrected chi connectivity index (χ4v) is 3.39. The number of amides is 1. The molecule has 0 fully saturated rings. The number of aryl methyl sites for hydroxylation is 1. The summed E-state index contributed by atoms with van der Waals surface area (Å²) in [6, 6.07) is 20.7. The Morgan fingerprint density at radius 1 is 0.941 bits per heavy atom. The van der Waals surface area contributed by atoms with E-state index in [2.05, 4.69) is 5.32 Å². The van der Waals surface area contributed by atoms with Gasteiger partial charge in [0.2, 0.25) is 11.2 Å². The van der Waals surface area contributed by atoms with E-state index in [1.54, 1.807) is 55.5 Å². The minimum absolute atomic E-state index is 0.0321. The summed E-state index contributed by atoms with van der Waals surface area (Å²) in [6.45, 7) is 3.57. The van der Waals surface area contributed by atoms with Crippen LogP contribution in [-0.2, 0) is 9.53 Å². The van der Waals surface area contributed by atoms with Crippen molar-refractivity contribution >= 4 is 28.5 Å². The molecule has 172 valence electrons. The lowest BCUT2D eigenvalue weighted by Gasteiger charge is -2.12. The molecule has 7 nitrogen and oxygen atoms in total. The first-order valence-corrected chi connectivity index (χ1v) is 10.8. The summed E-state index contributed by atoms with van der Waals surface area (Å²) >= 11 is 0. The predicted molar refractivity (Wildman–Crippen MR) is 129 cm³/mol. The molecular weight excluding hydrogens is 434 g/mol. The SMILES string of the molecule is CCOC(=O)c1ccc(NC(=O)COc2c(-c3ccc(C)cc3)oc3ccccc3c2=O)cc1. The minimum Gasteiger partial charge on any atom is -0.476 e. The fraction of sp³-hybridized carbons (Fsp3) is 0.148. The number of fused-ring (bicyclic) bond motifs is 1. The Hall–Kier alpha value is -4.39. The van der Waals surface area contributed by atoms with Crippen molar-refractivity contribution in [1.29, 1.82) is 0 Å². The normalized spacial score (nSPS) is 10.6. The van der Waals surface area contributed by atoms with Crippen LogP contribution in [0.4, 0.5) is 5.69 Å². The average Bonchev–Trinajstić information content (AvgIpc) is 2.84. The van der Waals surface area contributed by atoms with E-state index >= 15 is 0 Å². The van der Waals surface area contributed by atoms with Gasteiger partial charge in [-0.2, -0.15) is 0 Å². The molecule has 0 aliphatic rings. The number of ether oxygens (including phenoxy) is 2. The maximum Gasteiger partial charge on any atom is 0.338 e. The van der Waals surface area contributed by atoms with Gasteiger partial charge in [-0.25, -0.2) is 4.79 Å². The molecule has 0 spiro atoms.